The van der Waals surface area contributed by atoms with E-state index in [0.717, 1.165) is 0 Å². The van der Waals surface area contributed by atoms with Crippen molar-refractivity contribution in [3.63, 3.8) is 0 Å². The molecule has 9 nitrogen and oxygen atoms in total. The van der Waals surface area contributed by atoms with Crippen molar-refractivity contribution < 1.29 is 4.79 Å². The van der Waals surface area contributed by atoms with Crippen molar-refractivity contribution in [2.24, 2.45) is 0 Å². The van der Waals surface area contributed by atoms with Gasteiger partial charge in [0, 0.05) is 5.92 Å². The first-order chi connectivity index (χ1) is 8.16. The summed E-state index contributed by atoms with van der Waals surface area (Å²) in [7, 11) is 0. The molecule has 17 heavy (non-hydrogen) atoms. The fraction of sp³-hybridized carbons (Fsp3) is 0.500. The molecule has 2 rings (SSSR count). The van der Waals surface area contributed by atoms with Crippen molar-refractivity contribution in [1.29, 1.82) is 0 Å². The van der Waals surface area contributed by atoms with Crippen LogP contribution >= 0.6 is 0 Å². The SMILES string of the molecule is CC(C)c1nc(C(=O)NCc2nn[nH]n2)n[nH]1. The van der Waals surface area contributed by atoms with E-state index < -0.39 is 0 Å². The molecule has 9 heteroatoms. The Morgan fingerprint density at radius 3 is 2.82 bits per heavy atom. The minimum absolute atomic E-state index is 0.109. The van der Waals surface area contributed by atoms with Crippen LogP contribution in [0.4, 0.5) is 0 Å². The second-order valence-corrected chi connectivity index (χ2v) is 3.71. The number of aromatic amines is 2. The van der Waals surface area contributed by atoms with E-state index in [-0.39, 0.29) is 24.2 Å². The first-order valence-corrected chi connectivity index (χ1v) is 5.09. The predicted octanol–water partition coefficient (Wildman–Crippen LogP) is -0.629. The number of rotatable bonds is 4. The van der Waals surface area contributed by atoms with Crippen LogP contribution in [0.1, 0.15) is 42.0 Å². The third kappa shape index (κ3) is 2.62. The van der Waals surface area contributed by atoms with E-state index >= 15 is 0 Å². The second-order valence-electron chi connectivity index (χ2n) is 3.71. The molecule has 0 aliphatic carbocycles. The smallest absolute Gasteiger partial charge is 0.291 e. The van der Waals surface area contributed by atoms with E-state index in [1.54, 1.807) is 0 Å². The van der Waals surface area contributed by atoms with E-state index in [9.17, 15) is 4.79 Å². The highest BCUT2D eigenvalue weighted by Crippen LogP contribution is 2.07. The summed E-state index contributed by atoms with van der Waals surface area (Å²) in [6.07, 6.45) is 0. The largest absolute Gasteiger partial charge is 0.342 e. The summed E-state index contributed by atoms with van der Waals surface area (Å²) >= 11 is 0. The summed E-state index contributed by atoms with van der Waals surface area (Å²) in [6, 6.07) is 0. The Morgan fingerprint density at radius 1 is 1.41 bits per heavy atom. The first-order valence-electron chi connectivity index (χ1n) is 5.09. The minimum atomic E-state index is -0.377. The van der Waals surface area contributed by atoms with Crippen molar-refractivity contribution in [3.05, 3.63) is 17.5 Å². The van der Waals surface area contributed by atoms with Crippen molar-refractivity contribution in [3.8, 4) is 0 Å². The second kappa shape index (κ2) is 4.68. The third-order valence-corrected chi connectivity index (χ3v) is 2.05. The lowest BCUT2D eigenvalue weighted by Gasteiger charge is -1.97. The summed E-state index contributed by atoms with van der Waals surface area (Å²) in [5.74, 6) is 1.00. The summed E-state index contributed by atoms with van der Waals surface area (Å²) in [5.41, 5.74) is 0. The maximum Gasteiger partial charge on any atom is 0.291 e. The molecule has 0 aliphatic rings. The van der Waals surface area contributed by atoms with Gasteiger partial charge in [-0.3, -0.25) is 9.89 Å². The zero-order chi connectivity index (χ0) is 12.3. The van der Waals surface area contributed by atoms with Crippen LogP contribution in [0.15, 0.2) is 0 Å². The number of amides is 1. The van der Waals surface area contributed by atoms with Crippen LogP contribution < -0.4 is 5.32 Å². The molecule has 0 saturated heterocycles. The summed E-state index contributed by atoms with van der Waals surface area (Å²) < 4.78 is 0. The summed E-state index contributed by atoms with van der Waals surface area (Å²) in [6.45, 7) is 4.10. The quantitative estimate of drug-likeness (QED) is 0.649. The highest BCUT2D eigenvalue weighted by atomic mass is 16.2. The molecule has 0 aromatic carbocycles. The van der Waals surface area contributed by atoms with Gasteiger partial charge in [-0.25, -0.2) is 4.98 Å². The number of hydrogen-bond donors (Lipinski definition) is 3. The maximum absolute atomic E-state index is 11.6. The van der Waals surface area contributed by atoms with Gasteiger partial charge in [-0.2, -0.15) is 5.21 Å². The van der Waals surface area contributed by atoms with E-state index in [2.05, 4.69) is 41.1 Å². The number of nitrogens with zero attached hydrogens (tertiary/aromatic N) is 5. The van der Waals surface area contributed by atoms with Crippen LogP contribution in [0.25, 0.3) is 0 Å². The van der Waals surface area contributed by atoms with E-state index in [0.29, 0.717) is 11.6 Å². The van der Waals surface area contributed by atoms with Crippen LogP contribution in [0.5, 0.6) is 0 Å². The lowest BCUT2D eigenvalue weighted by atomic mass is 10.2. The molecule has 2 heterocycles. The van der Waals surface area contributed by atoms with Crippen molar-refractivity contribution in [2.45, 2.75) is 26.3 Å². The standard InChI is InChI=1S/C8H12N8O/c1-4(2)6-10-7(14-13-6)8(17)9-3-5-11-15-16-12-5/h4H,3H2,1-2H3,(H,9,17)(H,10,13,14)(H,11,12,15,16). The monoisotopic (exact) mass is 236 g/mol. The Labute approximate surface area is 96.4 Å². The molecule has 90 valence electrons. The highest BCUT2D eigenvalue weighted by molar-refractivity contribution is 5.90. The van der Waals surface area contributed by atoms with Crippen LogP contribution in [-0.4, -0.2) is 41.7 Å². The zero-order valence-electron chi connectivity index (χ0n) is 9.43. The van der Waals surface area contributed by atoms with Crippen molar-refractivity contribution in [2.75, 3.05) is 0 Å². The van der Waals surface area contributed by atoms with Crippen LogP contribution in [0.2, 0.25) is 0 Å². The number of nitrogens with one attached hydrogen (secondary N) is 3. The molecule has 0 fully saturated rings. The summed E-state index contributed by atoms with van der Waals surface area (Å²) in [4.78, 5) is 15.7. The molecule has 0 bridgehead atoms. The molecular weight excluding hydrogens is 224 g/mol. The van der Waals surface area contributed by atoms with Gasteiger partial charge in [0.05, 0.1) is 6.54 Å². The molecule has 0 saturated carbocycles. The molecule has 2 aromatic heterocycles. The Morgan fingerprint density at radius 2 is 2.24 bits per heavy atom. The van der Waals surface area contributed by atoms with Gasteiger partial charge in [-0.15, -0.1) is 15.3 Å². The predicted molar refractivity (Wildman–Crippen MR) is 55.8 cm³/mol. The van der Waals surface area contributed by atoms with Gasteiger partial charge in [0.2, 0.25) is 5.82 Å². The molecular formula is C8H12N8O. The average Bonchev–Trinajstić information content (AvgIpc) is 2.96. The molecule has 0 atom stereocenters. The number of H-pyrrole nitrogens is 2. The highest BCUT2D eigenvalue weighted by Gasteiger charge is 2.14. The van der Waals surface area contributed by atoms with E-state index in [4.69, 9.17) is 0 Å². The van der Waals surface area contributed by atoms with Gasteiger partial charge in [0.15, 0.2) is 5.82 Å². The Bertz CT molecular complexity index is 487. The summed E-state index contributed by atoms with van der Waals surface area (Å²) in [5, 5.41) is 22.2. The average molecular weight is 236 g/mol. The molecule has 3 N–H and O–H groups in total. The molecule has 1 amide bonds. The number of aromatic nitrogens is 7. The van der Waals surface area contributed by atoms with Crippen LogP contribution in [0.3, 0.4) is 0 Å². The van der Waals surface area contributed by atoms with Gasteiger partial charge in [-0.1, -0.05) is 19.1 Å². The van der Waals surface area contributed by atoms with E-state index in [1.807, 2.05) is 13.8 Å². The van der Waals surface area contributed by atoms with Crippen LogP contribution in [-0.2, 0) is 6.54 Å². The molecule has 0 radical (unpaired) electrons. The minimum Gasteiger partial charge on any atom is -0.342 e. The maximum atomic E-state index is 11.6. The fourth-order valence-electron chi connectivity index (χ4n) is 1.13. The Balaban J connectivity index is 1.95. The fourth-order valence-corrected chi connectivity index (χ4v) is 1.13. The van der Waals surface area contributed by atoms with E-state index in [1.165, 1.54) is 0 Å². The van der Waals surface area contributed by atoms with Crippen molar-refractivity contribution >= 4 is 5.91 Å². The number of carbonyl (C=O) groups is 1. The van der Waals surface area contributed by atoms with Crippen LogP contribution in [0, 0.1) is 0 Å². The van der Waals surface area contributed by atoms with Gasteiger partial charge in [0.25, 0.3) is 5.91 Å². The van der Waals surface area contributed by atoms with Gasteiger partial charge in [-0.05, 0) is 0 Å². The molecule has 2 aromatic rings. The van der Waals surface area contributed by atoms with Crippen molar-refractivity contribution in [1.82, 2.24) is 41.1 Å². The lowest BCUT2D eigenvalue weighted by molar-refractivity contribution is 0.0940. The number of tetrazole rings is 1. The lowest BCUT2D eigenvalue weighted by Crippen LogP contribution is -2.24. The molecule has 0 aliphatic heterocycles. The number of hydrogen-bond acceptors (Lipinski definition) is 6. The first kappa shape index (κ1) is 11.2. The number of carbonyl (C=O) groups excluding carboxylic acids is 1. The van der Waals surface area contributed by atoms with Gasteiger partial charge < -0.3 is 5.32 Å². The Kier molecular flexibility index (Phi) is 3.08. The topological polar surface area (TPSA) is 125 Å². The zero-order valence-corrected chi connectivity index (χ0v) is 9.43. The molecule has 0 spiro atoms. The van der Waals surface area contributed by atoms with Gasteiger partial charge in [0.1, 0.15) is 5.82 Å². The van der Waals surface area contributed by atoms with Gasteiger partial charge >= 0.3 is 0 Å². The Hall–Kier alpha value is -2.32. The molecule has 0 unspecified atom stereocenters. The third-order valence-electron chi connectivity index (χ3n) is 2.05. The normalized spacial score (nSPS) is 10.8.